The van der Waals surface area contributed by atoms with Crippen molar-refractivity contribution in [1.29, 1.82) is 0 Å². The summed E-state index contributed by atoms with van der Waals surface area (Å²) >= 11 is 1.32. The zero-order valence-electron chi connectivity index (χ0n) is 11.7. The number of rotatable bonds is 2. The topological polar surface area (TPSA) is 60.4 Å². The van der Waals surface area contributed by atoms with Gasteiger partial charge in [-0.15, -0.1) is 10.2 Å². The molecule has 0 aliphatic carbocycles. The van der Waals surface area contributed by atoms with E-state index in [0.29, 0.717) is 21.1 Å². The van der Waals surface area contributed by atoms with Crippen molar-refractivity contribution in [3.05, 3.63) is 68.7 Å². The number of hydrogen-bond acceptors (Lipinski definition) is 5. The molecule has 108 valence electrons. The SMILES string of the molecule is Cc1ccc(/C=c2\sc3nnc(-c4ccco4)n3c2=O)cc1. The van der Waals surface area contributed by atoms with E-state index in [1.54, 1.807) is 18.4 Å². The molecule has 0 atom stereocenters. The normalized spacial score (nSPS) is 12.3. The van der Waals surface area contributed by atoms with Crippen LogP contribution in [0.3, 0.4) is 0 Å². The second-order valence-corrected chi connectivity index (χ2v) is 5.95. The van der Waals surface area contributed by atoms with Crippen molar-refractivity contribution >= 4 is 22.4 Å². The van der Waals surface area contributed by atoms with E-state index in [2.05, 4.69) is 10.2 Å². The van der Waals surface area contributed by atoms with Crippen molar-refractivity contribution in [3.63, 3.8) is 0 Å². The Labute approximate surface area is 129 Å². The van der Waals surface area contributed by atoms with Gasteiger partial charge in [0.2, 0.25) is 10.8 Å². The van der Waals surface area contributed by atoms with Crippen LogP contribution < -0.4 is 10.1 Å². The fourth-order valence-corrected chi connectivity index (χ4v) is 3.15. The molecule has 22 heavy (non-hydrogen) atoms. The van der Waals surface area contributed by atoms with Gasteiger partial charge in [0.1, 0.15) is 0 Å². The van der Waals surface area contributed by atoms with Gasteiger partial charge in [0.25, 0.3) is 5.56 Å². The van der Waals surface area contributed by atoms with E-state index in [-0.39, 0.29) is 5.56 Å². The minimum absolute atomic E-state index is 0.128. The molecule has 0 unspecified atom stereocenters. The van der Waals surface area contributed by atoms with Crippen molar-refractivity contribution in [3.8, 4) is 11.6 Å². The maximum Gasteiger partial charge on any atom is 0.276 e. The third-order valence-corrected chi connectivity index (χ3v) is 4.32. The number of aromatic nitrogens is 3. The Balaban J connectivity index is 1.92. The zero-order chi connectivity index (χ0) is 15.1. The first-order valence-corrected chi connectivity index (χ1v) is 7.54. The summed E-state index contributed by atoms with van der Waals surface area (Å²) in [7, 11) is 0. The maximum absolute atomic E-state index is 12.6. The first kappa shape index (κ1) is 13.0. The van der Waals surface area contributed by atoms with Crippen LogP contribution in [0.4, 0.5) is 0 Å². The third-order valence-electron chi connectivity index (χ3n) is 3.37. The van der Waals surface area contributed by atoms with Crippen LogP contribution in [0.5, 0.6) is 0 Å². The van der Waals surface area contributed by atoms with Crippen LogP contribution in [-0.2, 0) is 0 Å². The Morgan fingerprint density at radius 3 is 2.73 bits per heavy atom. The predicted octanol–water partition coefficient (Wildman–Crippen LogP) is 2.27. The molecule has 0 bridgehead atoms. The average molecular weight is 309 g/mol. The highest BCUT2D eigenvalue weighted by molar-refractivity contribution is 7.15. The predicted molar refractivity (Wildman–Crippen MR) is 84.8 cm³/mol. The first-order valence-electron chi connectivity index (χ1n) is 6.72. The first-order chi connectivity index (χ1) is 10.7. The van der Waals surface area contributed by atoms with Gasteiger partial charge in [0.15, 0.2) is 5.76 Å². The van der Waals surface area contributed by atoms with E-state index in [4.69, 9.17) is 4.42 Å². The number of benzene rings is 1. The van der Waals surface area contributed by atoms with Crippen LogP contribution >= 0.6 is 11.3 Å². The van der Waals surface area contributed by atoms with Crippen LogP contribution in [-0.4, -0.2) is 14.6 Å². The summed E-state index contributed by atoms with van der Waals surface area (Å²) in [5, 5.41) is 8.10. The number of aryl methyl sites for hydroxylation is 1. The molecule has 0 aliphatic rings. The molecule has 0 N–H and O–H groups in total. The lowest BCUT2D eigenvalue weighted by Gasteiger charge is -1.92. The fourth-order valence-electron chi connectivity index (χ4n) is 2.24. The molecule has 0 spiro atoms. The molecule has 3 aromatic heterocycles. The van der Waals surface area contributed by atoms with Crippen LogP contribution in [0.25, 0.3) is 22.6 Å². The molecule has 0 saturated heterocycles. The summed E-state index contributed by atoms with van der Waals surface area (Å²) in [5.74, 6) is 0.967. The molecule has 4 rings (SSSR count). The second-order valence-electron chi connectivity index (χ2n) is 4.95. The molecule has 1 aromatic carbocycles. The van der Waals surface area contributed by atoms with Crippen molar-refractivity contribution in [2.75, 3.05) is 0 Å². The van der Waals surface area contributed by atoms with Gasteiger partial charge < -0.3 is 4.42 Å². The summed E-state index contributed by atoms with van der Waals surface area (Å²) in [5.41, 5.74) is 2.04. The Morgan fingerprint density at radius 2 is 2.00 bits per heavy atom. The molecule has 0 radical (unpaired) electrons. The van der Waals surface area contributed by atoms with Gasteiger partial charge in [-0.25, -0.2) is 4.40 Å². The molecular weight excluding hydrogens is 298 g/mol. The maximum atomic E-state index is 12.6. The van der Waals surface area contributed by atoms with E-state index in [9.17, 15) is 4.79 Å². The van der Waals surface area contributed by atoms with Gasteiger partial charge in [-0.1, -0.05) is 41.2 Å². The summed E-state index contributed by atoms with van der Waals surface area (Å²) in [4.78, 5) is 13.2. The number of hydrogen-bond donors (Lipinski definition) is 0. The standard InChI is InChI=1S/C16H11N3O2S/c1-10-4-6-11(7-5-10)9-13-15(20)19-14(12-3-2-8-21-12)17-18-16(19)22-13/h2-9H,1H3/b13-9-. The Morgan fingerprint density at radius 1 is 1.18 bits per heavy atom. The van der Waals surface area contributed by atoms with Gasteiger partial charge in [-0.2, -0.15) is 0 Å². The zero-order valence-corrected chi connectivity index (χ0v) is 12.5. The van der Waals surface area contributed by atoms with E-state index in [1.807, 2.05) is 37.3 Å². The van der Waals surface area contributed by atoms with Crippen LogP contribution in [0.15, 0.2) is 51.9 Å². The molecule has 0 fully saturated rings. The van der Waals surface area contributed by atoms with Crippen molar-refractivity contribution in [2.45, 2.75) is 6.92 Å². The highest BCUT2D eigenvalue weighted by Crippen LogP contribution is 2.17. The van der Waals surface area contributed by atoms with E-state index in [0.717, 1.165) is 5.56 Å². The monoisotopic (exact) mass is 309 g/mol. The summed E-state index contributed by atoms with van der Waals surface area (Å²) in [6.45, 7) is 2.03. The molecule has 6 heteroatoms. The fraction of sp³-hybridized carbons (Fsp3) is 0.0625. The molecule has 4 aromatic rings. The van der Waals surface area contributed by atoms with Crippen LogP contribution in [0.2, 0.25) is 0 Å². The Hall–Kier alpha value is -2.73. The number of nitrogens with zero attached hydrogens (tertiary/aromatic N) is 3. The van der Waals surface area contributed by atoms with Gasteiger partial charge in [0, 0.05) is 0 Å². The summed E-state index contributed by atoms with van der Waals surface area (Å²) < 4.78 is 7.43. The smallest absolute Gasteiger partial charge is 0.276 e. The molecule has 5 nitrogen and oxygen atoms in total. The molecule has 3 heterocycles. The third kappa shape index (κ3) is 2.05. The minimum Gasteiger partial charge on any atom is -0.461 e. The average Bonchev–Trinajstić information content (AvgIpc) is 3.21. The largest absolute Gasteiger partial charge is 0.461 e. The lowest BCUT2D eigenvalue weighted by molar-refractivity contribution is 0.576. The lowest BCUT2D eigenvalue weighted by atomic mass is 10.1. The summed E-state index contributed by atoms with van der Waals surface area (Å²) in [6.07, 6.45) is 3.42. The van der Waals surface area contributed by atoms with E-state index in [1.165, 1.54) is 21.3 Å². The second kappa shape index (κ2) is 4.92. The van der Waals surface area contributed by atoms with Crippen LogP contribution in [0, 0.1) is 6.92 Å². The number of furan rings is 1. The highest BCUT2D eigenvalue weighted by atomic mass is 32.1. The van der Waals surface area contributed by atoms with Gasteiger partial charge in [0.05, 0.1) is 10.8 Å². The highest BCUT2D eigenvalue weighted by Gasteiger charge is 2.15. The van der Waals surface area contributed by atoms with Gasteiger partial charge in [-0.05, 0) is 30.7 Å². The van der Waals surface area contributed by atoms with Crippen LogP contribution in [0.1, 0.15) is 11.1 Å². The minimum atomic E-state index is -0.128. The number of fused-ring (bicyclic) bond motifs is 1. The Kier molecular flexibility index (Phi) is 2.90. The molecular formula is C16H11N3O2S. The van der Waals surface area contributed by atoms with Crippen molar-refractivity contribution < 1.29 is 4.42 Å². The van der Waals surface area contributed by atoms with Gasteiger partial charge in [-0.3, -0.25) is 4.79 Å². The van der Waals surface area contributed by atoms with Crippen molar-refractivity contribution in [2.24, 2.45) is 0 Å². The Bertz CT molecular complexity index is 1040. The van der Waals surface area contributed by atoms with E-state index < -0.39 is 0 Å². The van der Waals surface area contributed by atoms with Gasteiger partial charge >= 0.3 is 0 Å². The van der Waals surface area contributed by atoms with Crippen molar-refractivity contribution in [1.82, 2.24) is 14.6 Å². The molecule has 0 saturated carbocycles. The number of thiazole rings is 1. The molecule has 0 aliphatic heterocycles. The quantitative estimate of drug-likeness (QED) is 0.570. The summed E-state index contributed by atoms with van der Waals surface area (Å²) in [6, 6.07) is 11.5. The molecule has 0 amide bonds. The lowest BCUT2D eigenvalue weighted by Crippen LogP contribution is -2.23. The van der Waals surface area contributed by atoms with E-state index >= 15 is 0 Å².